The van der Waals surface area contributed by atoms with E-state index in [1.165, 1.54) is 0 Å². The van der Waals surface area contributed by atoms with E-state index in [1.807, 2.05) is 37.1 Å². The summed E-state index contributed by atoms with van der Waals surface area (Å²) in [7, 11) is 0. The van der Waals surface area contributed by atoms with Crippen LogP contribution in [0.15, 0.2) is 47.5 Å². The lowest BCUT2D eigenvalue weighted by atomic mass is 10.0. The Morgan fingerprint density at radius 2 is 2.08 bits per heavy atom. The second kappa shape index (κ2) is 7.95. The molecule has 1 atom stereocenters. The zero-order valence-electron chi connectivity index (χ0n) is 15.3. The van der Waals surface area contributed by atoms with Crippen LogP contribution in [0, 0.1) is 6.92 Å². The molecule has 0 saturated carbocycles. The Labute approximate surface area is 152 Å². The minimum absolute atomic E-state index is 0.0237. The molecule has 0 bridgehead atoms. The van der Waals surface area contributed by atoms with E-state index in [0.29, 0.717) is 24.5 Å². The molecule has 3 aromatic rings. The molecule has 0 N–H and O–H groups in total. The summed E-state index contributed by atoms with van der Waals surface area (Å²) in [6.07, 6.45) is 7.99. The fourth-order valence-corrected chi connectivity index (χ4v) is 3.08. The average Bonchev–Trinajstić information content (AvgIpc) is 3.29. The molecule has 26 heavy (non-hydrogen) atoms. The molecule has 0 spiro atoms. The molecule has 1 amide bonds. The van der Waals surface area contributed by atoms with E-state index >= 15 is 0 Å². The molecule has 0 aliphatic carbocycles. The number of carbonyl (C=O) groups excluding carboxylic acids is 1. The number of nitrogens with zero attached hydrogens (tertiary/aromatic N) is 5. The Morgan fingerprint density at radius 3 is 2.69 bits per heavy atom. The second-order valence-corrected chi connectivity index (χ2v) is 6.19. The Kier molecular flexibility index (Phi) is 5.46. The molecule has 7 nitrogen and oxygen atoms in total. The predicted molar refractivity (Wildman–Crippen MR) is 96.5 cm³/mol. The summed E-state index contributed by atoms with van der Waals surface area (Å²) in [4.78, 5) is 18.9. The van der Waals surface area contributed by atoms with Crippen LogP contribution < -0.4 is 0 Å². The van der Waals surface area contributed by atoms with E-state index < -0.39 is 0 Å². The molecule has 7 heteroatoms. The van der Waals surface area contributed by atoms with Crippen LogP contribution in [0.2, 0.25) is 0 Å². The maximum atomic E-state index is 13.0. The van der Waals surface area contributed by atoms with Crippen molar-refractivity contribution in [1.29, 1.82) is 0 Å². The van der Waals surface area contributed by atoms with Gasteiger partial charge in [0.25, 0.3) is 5.91 Å². The molecule has 0 aliphatic rings. The van der Waals surface area contributed by atoms with Gasteiger partial charge in [-0.15, -0.1) is 0 Å². The van der Waals surface area contributed by atoms with E-state index in [0.717, 1.165) is 17.5 Å². The molecule has 0 aromatic carbocycles. The monoisotopic (exact) mass is 353 g/mol. The number of carbonyl (C=O) groups is 1. The van der Waals surface area contributed by atoms with Crippen molar-refractivity contribution in [2.24, 2.45) is 0 Å². The zero-order valence-corrected chi connectivity index (χ0v) is 15.3. The molecule has 136 valence electrons. The summed E-state index contributed by atoms with van der Waals surface area (Å²) in [5, 5.41) is 8.20. The van der Waals surface area contributed by atoms with Gasteiger partial charge in [-0.3, -0.25) is 14.5 Å². The number of aromatic nitrogens is 4. The number of rotatable bonds is 7. The Hall–Kier alpha value is -2.96. The van der Waals surface area contributed by atoms with E-state index in [2.05, 4.69) is 22.2 Å². The van der Waals surface area contributed by atoms with Gasteiger partial charge in [0.2, 0.25) is 0 Å². The van der Waals surface area contributed by atoms with Crippen molar-refractivity contribution in [2.75, 3.05) is 6.54 Å². The quantitative estimate of drug-likeness (QED) is 0.652. The minimum Gasteiger partial charge on any atom is -0.359 e. The highest BCUT2D eigenvalue weighted by molar-refractivity contribution is 5.92. The van der Waals surface area contributed by atoms with Gasteiger partial charge in [-0.2, -0.15) is 5.10 Å². The lowest BCUT2D eigenvalue weighted by Crippen LogP contribution is -2.34. The van der Waals surface area contributed by atoms with Crippen LogP contribution in [0.4, 0.5) is 0 Å². The largest absolute Gasteiger partial charge is 0.359 e. The van der Waals surface area contributed by atoms with Crippen LogP contribution in [-0.4, -0.2) is 37.3 Å². The van der Waals surface area contributed by atoms with Crippen molar-refractivity contribution < 1.29 is 9.32 Å². The Morgan fingerprint density at radius 1 is 1.31 bits per heavy atom. The molecule has 0 aliphatic heterocycles. The highest BCUT2D eigenvalue weighted by Crippen LogP contribution is 2.25. The van der Waals surface area contributed by atoms with Gasteiger partial charge in [0.1, 0.15) is 6.54 Å². The first-order chi connectivity index (χ1) is 12.6. The van der Waals surface area contributed by atoms with Crippen LogP contribution in [0.5, 0.6) is 0 Å². The standard InChI is InChI=1S/C19H23N5O2/c1-4-18(15-6-8-20-9-7-15)24(5-2)19(25)17-10-16(26-22-17)13-23-12-14(3)11-21-23/h6-12,18H,4-5,13H2,1-3H3. The van der Waals surface area contributed by atoms with Crippen molar-refractivity contribution >= 4 is 5.91 Å². The third-order valence-corrected chi connectivity index (χ3v) is 4.31. The van der Waals surface area contributed by atoms with Gasteiger partial charge in [0.15, 0.2) is 11.5 Å². The first kappa shape index (κ1) is 17.8. The lowest BCUT2D eigenvalue weighted by molar-refractivity contribution is 0.0672. The van der Waals surface area contributed by atoms with E-state index in [4.69, 9.17) is 4.52 Å². The lowest BCUT2D eigenvalue weighted by Gasteiger charge is -2.29. The highest BCUT2D eigenvalue weighted by Gasteiger charge is 2.26. The molecule has 3 aromatic heterocycles. The van der Waals surface area contributed by atoms with Gasteiger partial charge >= 0.3 is 0 Å². The van der Waals surface area contributed by atoms with Crippen LogP contribution in [0.1, 0.15) is 53.7 Å². The number of hydrogen-bond acceptors (Lipinski definition) is 5. The molecule has 0 radical (unpaired) electrons. The predicted octanol–water partition coefficient (Wildman–Crippen LogP) is 3.24. The summed E-state index contributed by atoms with van der Waals surface area (Å²) in [5.41, 5.74) is 2.45. The Balaban J connectivity index is 1.78. The second-order valence-electron chi connectivity index (χ2n) is 6.19. The van der Waals surface area contributed by atoms with Crippen molar-refractivity contribution in [1.82, 2.24) is 24.8 Å². The van der Waals surface area contributed by atoms with Crippen LogP contribution in [-0.2, 0) is 6.54 Å². The number of pyridine rings is 1. The van der Waals surface area contributed by atoms with Gasteiger partial charge < -0.3 is 9.42 Å². The molecule has 3 rings (SSSR count). The normalized spacial score (nSPS) is 12.1. The molecule has 0 fully saturated rings. The number of aryl methyl sites for hydroxylation is 1. The fourth-order valence-electron chi connectivity index (χ4n) is 3.08. The van der Waals surface area contributed by atoms with Gasteiger partial charge in [0.05, 0.1) is 12.2 Å². The van der Waals surface area contributed by atoms with Crippen molar-refractivity contribution in [3.63, 3.8) is 0 Å². The smallest absolute Gasteiger partial charge is 0.276 e. The van der Waals surface area contributed by atoms with Gasteiger partial charge in [-0.05, 0) is 43.5 Å². The summed E-state index contributed by atoms with van der Waals surface area (Å²) >= 11 is 0. The maximum absolute atomic E-state index is 13.0. The van der Waals surface area contributed by atoms with Gasteiger partial charge in [0, 0.05) is 31.2 Å². The summed E-state index contributed by atoms with van der Waals surface area (Å²) in [6.45, 7) is 7.04. The van der Waals surface area contributed by atoms with Gasteiger partial charge in [-0.25, -0.2) is 0 Å². The molecular weight excluding hydrogens is 330 g/mol. The topological polar surface area (TPSA) is 77.0 Å². The Bertz CT molecular complexity index is 856. The zero-order chi connectivity index (χ0) is 18.5. The van der Waals surface area contributed by atoms with Crippen molar-refractivity contribution in [3.05, 3.63) is 65.6 Å². The van der Waals surface area contributed by atoms with Crippen LogP contribution >= 0.6 is 0 Å². The third kappa shape index (κ3) is 3.82. The molecule has 0 saturated heterocycles. The summed E-state index contributed by atoms with van der Waals surface area (Å²) < 4.78 is 7.10. The summed E-state index contributed by atoms with van der Waals surface area (Å²) in [6, 6.07) is 5.56. The maximum Gasteiger partial charge on any atom is 0.276 e. The SMILES string of the molecule is CCC(c1ccncc1)N(CC)C(=O)c1cc(Cn2cc(C)cn2)on1. The van der Waals surface area contributed by atoms with Gasteiger partial charge in [-0.1, -0.05) is 12.1 Å². The third-order valence-electron chi connectivity index (χ3n) is 4.31. The number of amides is 1. The van der Waals surface area contributed by atoms with Crippen LogP contribution in [0.3, 0.4) is 0 Å². The average molecular weight is 353 g/mol. The van der Waals surface area contributed by atoms with E-state index in [1.54, 1.807) is 29.3 Å². The summed E-state index contributed by atoms with van der Waals surface area (Å²) in [5.74, 6) is 0.465. The fraction of sp³-hybridized carbons (Fsp3) is 0.368. The molecular formula is C19H23N5O2. The van der Waals surface area contributed by atoms with E-state index in [9.17, 15) is 4.79 Å². The molecule has 1 unspecified atom stereocenters. The van der Waals surface area contributed by atoms with E-state index in [-0.39, 0.29) is 11.9 Å². The van der Waals surface area contributed by atoms with Crippen LogP contribution in [0.25, 0.3) is 0 Å². The number of hydrogen-bond donors (Lipinski definition) is 0. The minimum atomic E-state index is -0.136. The highest BCUT2D eigenvalue weighted by atomic mass is 16.5. The first-order valence-corrected chi connectivity index (χ1v) is 8.77. The molecule has 3 heterocycles. The van der Waals surface area contributed by atoms with Crippen molar-refractivity contribution in [2.45, 2.75) is 39.8 Å². The van der Waals surface area contributed by atoms with Crippen molar-refractivity contribution in [3.8, 4) is 0 Å². The first-order valence-electron chi connectivity index (χ1n) is 8.77.